The number of nitrogens with two attached hydrogens (primary N) is 1. The van der Waals surface area contributed by atoms with Crippen LogP contribution in [0.25, 0.3) is 0 Å². The van der Waals surface area contributed by atoms with Gasteiger partial charge in [0.15, 0.2) is 0 Å². The molecule has 2 aromatic rings. The number of para-hydroxylation sites is 1. The molecule has 0 aliphatic carbocycles. The fourth-order valence-electron chi connectivity index (χ4n) is 1.67. The Labute approximate surface area is 129 Å². The number of hydrogen-bond acceptors (Lipinski definition) is 3. The molecule has 0 fully saturated rings. The van der Waals surface area contributed by atoms with Crippen molar-refractivity contribution in [2.24, 2.45) is 0 Å². The molecule has 0 radical (unpaired) electrons. The number of rotatable bonds is 4. The van der Waals surface area contributed by atoms with Crippen LogP contribution in [0.3, 0.4) is 0 Å². The van der Waals surface area contributed by atoms with Gasteiger partial charge in [-0.25, -0.2) is 17.2 Å². The van der Waals surface area contributed by atoms with Crippen molar-refractivity contribution in [3.63, 3.8) is 0 Å². The van der Waals surface area contributed by atoms with Crippen LogP contribution in [-0.4, -0.2) is 8.42 Å². The van der Waals surface area contributed by atoms with Crippen LogP contribution < -0.4 is 10.5 Å². The third-order valence-corrected chi connectivity index (χ3v) is 4.51. The van der Waals surface area contributed by atoms with E-state index in [1.807, 2.05) is 4.72 Å². The fraction of sp³-hybridized carbons (Fsp3) is 0.0769. The molecule has 8 heteroatoms. The molecule has 112 valence electrons. The van der Waals surface area contributed by atoms with E-state index >= 15 is 0 Å². The van der Waals surface area contributed by atoms with Crippen LogP contribution in [-0.2, 0) is 15.8 Å². The average Bonchev–Trinajstić information content (AvgIpc) is 2.38. The number of nitrogen functional groups attached to an aromatic ring is 1. The van der Waals surface area contributed by atoms with Gasteiger partial charge >= 0.3 is 0 Å². The monoisotopic (exact) mass is 376 g/mol. The van der Waals surface area contributed by atoms with Gasteiger partial charge < -0.3 is 5.73 Å². The Morgan fingerprint density at radius 3 is 2.48 bits per heavy atom. The first-order valence-electron chi connectivity index (χ1n) is 5.77. The highest BCUT2D eigenvalue weighted by molar-refractivity contribution is 9.10. The summed E-state index contributed by atoms with van der Waals surface area (Å²) in [6.07, 6.45) is 0. The van der Waals surface area contributed by atoms with E-state index in [-0.39, 0.29) is 4.47 Å². The zero-order chi connectivity index (χ0) is 15.6. The lowest BCUT2D eigenvalue weighted by molar-refractivity contribution is 0.591. The van der Waals surface area contributed by atoms with Crippen molar-refractivity contribution in [2.75, 3.05) is 10.5 Å². The van der Waals surface area contributed by atoms with Crippen molar-refractivity contribution >= 4 is 37.3 Å². The number of sulfonamides is 1. The second kappa shape index (κ2) is 5.98. The maximum absolute atomic E-state index is 13.6. The molecular weight excluding hydrogens is 366 g/mol. The molecule has 0 aromatic heterocycles. The summed E-state index contributed by atoms with van der Waals surface area (Å²) in [5.74, 6) is -2.09. The minimum atomic E-state index is -3.91. The summed E-state index contributed by atoms with van der Waals surface area (Å²) in [7, 11) is -3.91. The van der Waals surface area contributed by atoms with Crippen molar-refractivity contribution in [3.8, 4) is 0 Å². The van der Waals surface area contributed by atoms with Crippen molar-refractivity contribution < 1.29 is 17.2 Å². The van der Waals surface area contributed by atoms with Crippen molar-refractivity contribution in [3.05, 3.63) is 58.1 Å². The summed E-state index contributed by atoms with van der Waals surface area (Å²) in [6.45, 7) is 0. The Hall–Kier alpha value is -1.67. The summed E-state index contributed by atoms with van der Waals surface area (Å²) in [5.41, 5.74) is 5.90. The summed E-state index contributed by atoms with van der Waals surface area (Å²) in [5, 5.41) is 0. The molecule has 3 N–H and O–H groups in total. The number of hydrogen-bond donors (Lipinski definition) is 2. The predicted molar refractivity (Wildman–Crippen MR) is 81.2 cm³/mol. The third-order valence-electron chi connectivity index (χ3n) is 2.68. The lowest BCUT2D eigenvalue weighted by atomic mass is 10.2. The number of benzene rings is 2. The lowest BCUT2D eigenvalue weighted by Crippen LogP contribution is -2.17. The molecule has 2 aromatic carbocycles. The van der Waals surface area contributed by atoms with Gasteiger partial charge in [0.25, 0.3) is 0 Å². The van der Waals surface area contributed by atoms with E-state index in [1.165, 1.54) is 0 Å². The Kier molecular flexibility index (Phi) is 4.48. The van der Waals surface area contributed by atoms with Crippen molar-refractivity contribution in [2.45, 2.75) is 5.75 Å². The van der Waals surface area contributed by atoms with Gasteiger partial charge in [0, 0.05) is 11.8 Å². The zero-order valence-corrected chi connectivity index (χ0v) is 13.0. The van der Waals surface area contributed by atoms with E-state index in [1.54, 1.807) is 24.3 Å². The van der Waals surface area contributed by atoms with Gasteiger partial charge in [-0.3, -0.25) is 4.72 Å². The van der Waals surface area contributed by atoms with Gasteiger partial charge in [0.05, 0.1) is 15.9 Å². The van der Waals surface area contributed by atoms with E-state index in [0.29, 0.717) is 11.3 Å². The smallest absolute Gasteiger partial charge is 0.237 e. The van der Waals surface area contributed by atoms with Crippen LogP contribution in [0.1, 0.15) is 5.56 Å². The molecule has 21 heavy (non-hydrogen) atoms. The number of halogens is 3. The SMILES string of the molecule is Nc1ccccc1CS(=O)(=O)Nc1cc(F)c(Br)cc1F. The molecule has 0 amide bonds. The second-order valence-corrected chi connectivity index (χ2v) is 6.88. The minimum absolute atomic E-state index is 0.0877. The first-order valence-corrected chi connectivity index (χ1v) is 8.21. The predicted octanol–water partition coefficient (Wildman–Crippen LogP) is 3.25. The van der Waals surface area contributed by atoms with Gasteiger partial charge in [0.2, 0.25) is 10.0 Å². The largest absolute Gasteiger partial charge is 0.398 e. The third kappa shape index (κ3) is 3.92. The first kappa shape index (κ1) is 15.7. The Bertz CT molecular complexity index is 782. The van der Waals surface area contributed by atoms with Crippen LogP contribution in [0.5, 0.6) is 0 Å². The molecule has 0 saturated heterocycles. The Morgan fingerprint density at radius 1 is 1.14 bits per heavy atom. The van der Waals surface area contributed by atoms with E-state index in [2.05, 4.69) is 15.9 Å². The molecule has 0 unspecified atom stereocenters. The molecule has 2 rings (SSSR count). The number of nitrogens with one attached hydrogen (secondary N) is 1. The molecule has 0 heterocycles. The highest BCUT2D eigenvalue weighted by Gasteiger charge is 2.17. The highest BCUT2D eigenvalue weighted by atomic mass is 79.9. The van der Waals surface area contributed by atoms with E-state index in [0.717, 1.165) is 12.1 Å². The van der Waals surface area contributed by atoms with Crippen molar-refractivity contribution in [1.82, 2.24) is 0 Å². The highest BCUT2D eigenvalue weighted by Crippen LogP contribution is 2.25. The summed E-state index contributed by atoms with van der Waals surface area (Å²) in [4.78, 5) is 0. The fourth-order valence-corrected chi connectivity index (χ4v) is 3.23. The molecule has 0 spiro atoms. The standard InChI is InChI=1S/C13H11BrF2N2O2S/c14-9-5-11(16)13(6-10(9)15)18-21(19,20)7-8-3-1-2-4-12(8)17/h1-6,18H,7,17H2. The van der Waals surface area contributed by atoms with Gasteiger partial charge in [-0.05, 0) is 33.6 Å². The topological polar surface area (TPSA) is 72.2 Å². The first-order chi connectivity index (χ1) is 9.78. The van der Waals surface area contributed by atoms with E-state index in [9.17, 15) is 17.2 Å². The van der Waals surface area contributed by atoms with E-state index in [4.69, 9.17) is 5.73 Å². The summed E-state index contributed by atoms with van der Waals surface area (Å²) in [6, 6.07) is 8.04. The van der Waals surface area contributed by atoms with Crippen LogP contribution >= 0.6 is 15.9 Å². The molecule has 0 bridgehead atoms. The van der Waals surface area contributed by atoms with Gasteiger partial charge in [0.1, 0.15) is 11.6 Å². The molecule has 4 nitrogen and oxygen atoms in total. The van der Waals surface area contributed by atoms with Crippen LogP contribution in [0.15, 0.2) is 40.9 Å². The van der Waals surface area contributed by atoms with Gasteiger partial charge in [-0.2, -0.15) is 0 Å². The summed E-state index contributed by atoms with van der Waals surface area (Å²) >= 11 is 2.81. The second-order valence-electron chi connectivity index (χ2n) is 4.31. The normalized spacial score (nSPS) is 11.4. The van der Waals surface area contributed by atoms with Crippen LogP contribution in [0.2, 0.25) is 0 Å². The molecule has 0 saturated carbocycles. The van der Waals surface area contributed by atoms with Gasteiger partial charge in [-0.15, -0.1) is 0 Å². The molecule has 0 aliphatic rings. The van der Waals surface area contributed by atoms with Crippen LogP contribution in [0.4, 0.5) is 20.2 Å². The quantitative estimate of drug-likeness (QED) is 0.635. The lowest BCUT2D eigenvalue weighted by Gasteiger charge is -2.11. The molecule has 0 atom stereocenters. The van der Waals surface area contributed by atoms with Gasteiger partial charge in [-0.1, -0.05) is 18.2 Å². The van der Waals surface area contributed by atoms with Crippen molar-refractivity contribution in [1.29, 1.82) is 0 Å². The molecular formula is C13H11BrF2N2O2S. The molecule has 0 aliphatic heterocycles. The maximum Gasteiger partial charge on any atom is 0.237 e. The number of anilines is 2. The zero-order valence-electron chi connectivity index (χ0n) is 10.6. The minimum Gasteiger partial charge on any atom is -0.398 e. The average molecular weight is 377 g/mol. The Balaban J connectivity index is 2.26. The Morgan fingerprint density at radius 2 is 1.81 bits per heavy atom. The maximum atomic E-state index is 13.6. The van der Waals surface area contributed by atoms with E-state index < -0.39 is 33.1 Å². The van der Waals surface area contributed by atoms with Crippen LogP contribution in [0, 0.1) is 11.6 Å². The summed E-state index contributed by atoms with van der Waals surface area (Å²) < 4.78 is 52.9.